The highest BCUT2D eigenvalue weighted by Crippen LogP contribution is 2.35. The minimum absolute atomic E-state index is 0.195. The number of carbonyl (C=O) groups is 2. The molecule has 2 N–H and O–H groups in total. The van der Waals surface area contributed by atoms with Gasteiger partial charge >= 0.3 is 11.9 Å². The van der Waals surface area contributed by atoms with Crippen molar-refractivity contribution in [2.45, 2.75) is 13.5 Å². The Morgan fingerprint density at radius 2 is 1.80 bits per heavy atom. The van der Waals surface area contributed by atoms with Crippen LogP contribution in [0.4, 0.5) is 11.5 Å². The third kappa shape index (κ3) is 3.99. The fourth-order valence-electron chi connectivity index (χ4n) is 2.98. The highest BCUT2D eigenvalue weighted by Gasteiger charge is 2.20. The predicted octanol–water partition coefficient (Wildman–Crippen LogP) is 4.80. The van der Waals surface area contributed by atoms with Crippen LogP contribution in [0.3, 0.4) is 0 Å². The van der Waals surface area contributed by atoms with Gasteiger partial charge in [-0.3, -0.25) is 0 Å². The summed E-state index contributed by atoms with van der Waals surface area (Å²) in [6.07, 6.45) is 1.42. The minimum atomic E-state index is -0.988. The van der Waals surface area contributed by atoms with Gasteiger partial charge in [0.15, 0.2) is 0 Å². The largest absolute Gasteiger partial charge is 0.478 e. The van der Waals surface area contributed by atoms with Crippen molar-refractivity contribution in [3.63, 3.8) is 0 Å². The predicted molar refractivity (Wildman–Crippen MR) is 114 cm³/mol. The molecule has 7 nitrogen and oxygen atoms in total. The van der Waals surface area contributed by atoms with Gasteiger partial charge in [0.2, 0.25) is 0 Å². The van der Waals surface area contributed by atoms with Gasteiger partial charge in [0.1, 0.15) is 28.5 Å². The highest BCUT2D eigenvalue weighted by atomic mass is 32.1. The van der Waals surface area contributed by atoms with Crippen molar-refractivity contribution in [3.8, 4) is 0 Å². The molecule has 30 heavy (non-hydrogen) atoms. The average molecular weight is 419 g/mol. The number of ether oxygens (including phenoxy) is 1. The number of rotatable bonds is 6. The Morgan fingerprint density at radius 3 is 2.50 bits per heavy atom. The number of anilines is 2. The van der Waals surface area contributed by atoms with E-state index >= 15 is 0 Å². The number of nitrogens with one attached hydrogen (secondary N) is 1. The highest BCUT2D eigenvalue weighted by molar-refractivity contribution is 7.20. The number of fused-ring (bicyclic) bond motifs is 1. The first kappa shape index (κ1) is 19.5. The lowest BCUT2D eigenvalue weighted by atomic mass is 10.2. The summed E-state index contributed by atoms with van der Waals surface area (Å²) >= 11 is 1.25. The summed E-state index contributed by atoms with van der Waals surface area (Å²) in [5.74, 6) is -0.853. The van der Waals surface area contributed by atoms with E-state index in [0.717, 1.165) is 16.5 Å². The van der Waals surface area contributed by atoms with Crippen LogP contribution in [0.25, 0.3) is 10.2 Å². The maximum Gasteiger partial charge on any atom is 0.349 e. The molecule has 2 aromatic carbocycles. The van der Waals surface area contributed by atoms with Gasteiger partial charge in [-0.2, -0.15) is 0 Å². The van der Waals surface area contributed by atoms with Gasteiger partial charge < -0.3 is 15.2 Å². The van der Waals surface area contributed by atoms with Gasteiger partial charge in [0.05, 0.1) is 10.9 Å². The van der Waals surface area contributed by atoms with E-state index in [1.807, 2.05) is 37.3 Å². The molecule has 0 aliphatic carbocycles. The first-order chi connectivity index (χ1) is 14.5. The number of hydrogen-bond donors (Lipinski definition) is 2. The number of hydrogen-bond acceptors (Lipinski definition) is 7. The van der Waals surface area contributed by atoms with Crippen LogP contribution in [0.5, 0.6) is 0 Å². The van der Waals surface area contributed by atoms with Crippen LogP contribution in [0.2, 0.25) is 0 Å². The summed E-state index contributed by atoms with van der Waals surface area (Å²) in [5.41, 5.74) is 2.53. The number of aromatic carboxylic acids is 1. The maximum atomic E-state index is 12.6. The number of aromatic nitrogens is 2. The Morgan fingerprint density at radius 1 is 1.07 bits per heavy atom. The van der Waals surface area contributed by atoms with Crippen LogP contribution >= 0.6 is 11.3 Å². The van der Waals surface area contributed by atoms with Crippen LogP contribution in [0.1, 0.15) is 31.2 Å². The van der Waals surface area contributed by atoms with E-state index in [9.17, 15) is 9.59 Å². The molecule has 0 unspecified atom stereocenters. The smallest absolute Gasteiger partial charge is 0.349 e. The molecular weight excluding hydrogens is 402 g/mol. The topological polar surface area (TPSA) is 101 Å². The van der Waals surface area contributed by atoms with Crippen LogP contribution in [-0.4, -0.2) is 27.0 Å². The monoisotopic (exact) mass is 419 g/mol. The summed E-state index contributed by atoms with van der Waals surface area (Å²) < 4.78 is 5.47. The lowest BCUT2D eigenvalue weighted by Gasteiger charge is -2.08. The summed E-state index contributed by atoms with van der Waals surface area (Å²) in [4.78, 5) is 33.4. The number of thiophene rings is 1. The molecule has 0 amide bonds. The van der Waals surface area contributed by atoms with Crippen LogP contribution in [-0.2, 0) is 11.3 Å². The van der Waals surface area contributed by atoms with Crippen molar-refractivity contribution >= 4 is 45.0 Å². The molecule has 2 aromatic heterocycles. The van der Waals surface area contributed by atoms with Crippen molar-refractivity contribution in [1.82, 2.24) is 9.97 Å². The molecule has 0 spiro atoms. The minimum Gasteiger partial charge on any atom is -0.478 e. The first-order valence-corrected chi connectivity index (χ1v) is 9.90. The molecule has 150 valence electrons. The zero-order chi connectivity index (χ0) is 21.1. The molecule has 0 bridgehead atoms. The Balaban J connectivity index is 1.59. The molecule has 4 aromatic rings. The van der Waals surface area contributed by atoms with Gasteiger partial charge in [0, 0.05) is 5.69 Å². The number of carboxylic acid groups (broad SMARTS) is 1. The van der Waals surface area contributed by atoms with Crippen LogP contribution in [0.15, 0.2) is 60.9 Å². The van der Waals surface area contributed by atoms with Crippen molar-refractivity contribution in [3.05, 3.63) is 82.5 Å². The van der Waals surface area contributed by atoms with Crippen molar-refractivity contribution in [2.24, 2.45) is 0 Å². The quantitative estimate of drug-likeness (QED) is 0.433. The number of aryl methyl sites for hydroxylation is 1. The van der Waals surface area contributed by atoms with Crippen molar-refractivity contribution < 1.29 is 19.4 Å². The first-order valence-electron chi connectivity index (χ1n) is 9.08. The van der Waals surface area contributed by atoms with Gasteiger partial charge in [-0.1, -0.05) is 30.3 Å². The van der Waals surface area contributed by atoms with E-state index in [1.54, 1.807) is 12.1 Å². The zero-order valence-corrected chi connectivity index (χ0v) is 16.8. The summed E-state index contributed by atoms with van der Waals surface area (Å²) in [5, 5.41) is 12.9. The fourth-order valence-corrected chi connectivity index (χ4v) is 4.03. The van der Waals surface area contributed by atoms with E-state index < -0.39 is 11.9 Å². The molecule has 2 heterocycles. The third-order valence-corrected chi connectivity index (χ3v) is 5.70. The Bertz CT molecular complexity index is 1220. The second-order valence-corrected chi connectivity index (χ2v) is 7.53. The molecule has 0 fully saturated rings. The van der Waals surface area contributed by atoms with Crippen LogP contribution < -0.4 is 5.32 Å². The van der Waals surface area contributed by atoms with Gasteiger partial charge in [-0.05, 0) is 42.3 Å². The van der Waals surface area contributed by atoms with Gasteiger partial charge in [-0.25, -0.2) is 19.6 Å². The summed E-state index contributed by atoms with van der Waals surface area (Å²) in [6, 6.07) is 15.8. The van der Waals surface area contributed by atoms with Crippen LogP contribution in [0, 0.1) is 6.92 Å². The Labute approximate surface area is 176 Å². The van der Waals surface area contributed by atoms with E-state index in [-0.39, 0.29) is 12.2 Å². The molecule has 0 aliphatic rings. The van der Waals surface area contributed by atoms with Gasteiger partial charge in [0.25, 0.3) is 0 Å². The number of benzene rings is 2. The number of nitrogens with zero attached hydrogens (tertiary/aromatic N) is 2. The summed E-state index contributed by atoms with van der Waals surface area (Å²) in [6.45, 7) is 2.03. The normalized spacial score (nSPS) is 10.7. The Hall–Kier alpha value is -3.78. The lowest BCUT2D eigenvalue weighted by molar-refractivity contribution is 0.0477. The fraction of sp³-hybridized carbons (Fsp3) is 0.0909. The molecule has 0 atom stereocenters. The molecule has 4 rings (SSSR count). The van der Waals surface area contributed by atoms with E-state index in [4.69, 9.17) is 9.84 Å². The van der Waals surface area contributed by atoms with E-state index in [0.29, 0.717) is 21.2 Å². The standard InChI is InChI=1S/C22H17N3O4S/c1-13-17-19(25-16-9-7-15(8-10-16)21(26)27)23-12-24-20(17)30-18(13)22(28)29-11-14-5-3-2-4-6-14/h2-10,12H,11H2,1H3,(H,26,27)(H,23,24,25). The molecule has 8 heteroatoms. The molecule has 0 saturated carbocycles. The molecule has 0 saturated heterocycles. The van der Waals surface area contributed by atoms with Crippen molar-refractivity contribution in [1.29, 1.82) is 0 Å². The second kappa shape index (κ2) is 8.30. The van der Waals surface area contributed by atoms with E-state index in [1.165, 1.54) is 29.8 Å². The third-order valence-electron chi connectivity index (χ3n) is 4.52. The number of carboxylic acids is 1. The van der Waals surface area contributed by atoms with Gasteiger partial charge in [-0.15, -0.1) is 11.3 Å². The van der Waals surface area contributed by atoms with E-state index in [2.05, 4.69) is 15.3 Å². The maximum absolute atomic E-state index is 12.6. The second-order valence-electron chi connectivity index (χ2n) is 6.53. The number of carbonyl (C=O) groups excluding carboxylic acids is 1. The molecule has 0 radical (unpaired) electrons. The van der Waals surface area contributed by atoms with Crippen molar-refractivity contribution in [2.75, 3.05) is 5.32 Å². The number of esters is 1. The Kier molecular flexibility index (Phi) is 5.40. The zero-order valence-electron chi connectivity index (χ0n) is 16.0. The molecular formula is C22H17N3O4S. The average Bonchev–Trinajstić information content (AvgIpc) is 3.11. The lowest BCUT2D eigenvalue weighted by Crippen LogP contribution is -2.04. The summed E-state index contributed by atoms with van der Waals surface area (Å²) in [7, 11) is 0. The SMILES string of the molecule is Cc1c(C(=O)OCc2ccccc2)sc2ncnc(Nc3ccc(C(=O)O)cc3)c12. The molecule has 0 aliphatic heterocycles.